The summed E-state index contributed by atoms with van der Waals surface area (Å²) in [6, 6.07) is 0. The van der Waals surface area contributed by atoms with Crippen molar-refractivity contribution in [1.82, 2.24) is 10.2 Å². The van der Waals surface area contributed by atoms with E-state index in [0.29, 0.717) is 5.41 Å². The van der Waals surface area contributed by atoms with Gasteiger partial charge in [0.05, 0.1) is 0 Å². The van der Waals surface area contributed by atoms with Crippen molar-refractivity contribution in [2.75, 3.05) is 33.2 Å². The third-order valence-electron chi connectivity index (χ3n) is 2.73. The Kier molecular flexibility index (Phi) is 3.53. The van der Waals surface area contributed by atoms with Gasteiger partial charge in [-0.25, -0.2) is 0 Å². The van der Waals surface area contributed by atoms with E-state index in [9.17, 15) is 0 Å². The summed E-state index contributed by atoms with van der Waals surface area (Å²) in [7, 11) is 2.03. The molecule has 0 radical (unpaired) electrons. The average molecular weight is 170 g/mol. The van der Waals surface area contributed by atoms with Gasteiger partial charge in [0.25, 0.3) is 0 Å². The van der Waals surface area contributed by atoms with Crippen molar-refractivity contribution in [3.05, 3.63) is 0 Å². The maximum Gasteiger partial charge on any atom is 0.00483 e. The lowest BCUT2D eigenvalue weighted by Gasteiger charge is -2.48. The van der Waals surface area contributed by atoms with Crippen LogP contribution in [-0.2, 0) is 0 Å². The smallest absolute Gasteiger partial charge is 0.00483 e. The molecular weight excluding hydrogens is 148 g/mol. The number of hydrogen-bond donors (Lipinski definition) is 1. The number of likely N-dealkylation sites (tertiary alicyclic amines) is 1. The van der Waals surface area contributed by atoms with Gasteiger partial charge in [-0.1, -0.05) is 13.8 Å². The van der Waals surface area contributed by atoms with Gasteiger partial charge in [0.2, 0.25) is 0 Å². The Morgan fingerprint density at radius 1 is 1.42 bits per heavy atom. The largest absolute Gasteiger partial charge is 0.320 e. The van der Waals surface area contributed by atoms with Gasteiger partial charge in [-0.3, -0.25) is 0 Å². The van der Waals surface area contributed by atoms with Crippen molar-refractivity contribution in [3.63, 3.8) is 0 Å². The van der Waals surface area contributed by atoms with E-state index in [1.807, 2.05) is 7.05 Å². The topological polar surface area (TPSA) is 15.3 Å². The molecule has 1 saturated heterocycles. The van der Waals surface area contributed by atoms with Crippen molar-refractivity contribution >= 4 is 0 Å². The zero-order valence-corrected chi connectivity index (χ0v) is 8.69. The number of hydrogen-bond acceptors (Lipinski definition) is 2. The van der Waals surface area contributed by atoms with Crippen molar-refractivity contribution < 1.29 is 0 Å². The highest BCUT2D eigenvalue weighted by Gasteiger charge is 2.36. The van der Waals surface area contributed by atoms with Crippen LogP contribution >= 0.6 is 0 Å². The third kappa shape index (κ3) is 2.46. The first kappa shape index (κ1) is 10.0. The summed E-state index contributed by atoms with van der Waals surface area (Å²) in [4.78, 5) is 2.55. The van der Waals surface area contributed by atoms with Gasteiger partial charge in [0, 0.05) is 13.1 Å². The summed E-state index contributed by atoms with van der Waals surface area (Å²) in [6.45, 7) is 9.72. The van der Waals surface area contributed by atoms with E-state index in [1.165, 1.54) is 32.5 Å². The zero-order chi connectivity index (χ0) is 9.03. The van der Waals surface area contributed by atoms with Crippen LogP contribution in [0.5, 0.6) is 0 Å². The summed E-state index contributed by atoms with van der Waals surface area (Å²) in [5.74, 6) is 0. The van der Waals surface area contributed by atoms with Gasteiger partial charge in [-0.05, 0) is 38.4 Å². The van der Waals surface area contributed by atoms with Gasteiger partial charge in [-0.2, -0.15) is 0 Å². The molecule has 2 nitrogen and oxygen atoms in total. The van der Waals surface area contributed by atoms with E-state index in [0.717, 1.165) is 6.54 Å². The second kappa shape index (κ2) is 4.24. The molecule has 2 heteroatoms. The number of nitrogens with one attached hydrogen (secondary N) is 1. The van der Waals surface area contributed by atoms with Crippen LogP contribution in [0.1, 0.15) is 26.7 Å². The van der Waals surface area contributed by atoms with Crippen LogP contribution in [0.3, 0.4) is 0 Å². The molecule has 1 N–H and O–H groups in total. The Morgan fingerprint density at radius 3 is 2.58 bits per heavy atom. The third-order valence-corrected chi connectivity index (χ3v) is 2.73. The molecule has 1 aliphatic rings. The summed E-state index contributed by atoms with van der Waals surface area (Å²) < 4.78 is 0. The van der Waals surface area contributed by atoms with Crippen LogP contribution in [-0.4, -0.2) is 38.1 Å². The molecule has 0 spiro atoms. The predicted octanol–water partition coefficient (Wildman–Crippen LogP) is 1.33. The van der Waals surface area contributed by atoms with Crippen LogP contribution in [0.15, 0.2) is 0 Å². The maximum atomic E-state index is 3.22. The summed E-state index contributed by atoms with van der Waals surface area (Å²) in [5, 5.41) is 3.22. The first-order valence-electron chi connectivity index (χ1n) is 5.07. The van der Waals surface area contributed by atoms with Crippen molar-refractivity contribution in [2.45, 2.75) is 26.7 Å². The van der Waals surface area contributed by atoms with E-state index in [1.54, 1.807) is 0 Å². The molecule has 0 amide bonds. The minimum absolute atomic E-state index is 0.609. The second-order valence-corrected chi connectivity index (χ2v) is 4.37. The molecule has 0 saturated carbocycles. The van der Waals surface area contributed by atoms with Crippen molar-refractivity contribution in [2.24, 2.45) is 5.41 Å². The normalized spacial score (nSPS) is 22.2. The molecule has 0 aromatic rings. The standard InChI is InChI=1S/C10H22N2/c1-4-7-12-8-10(2,9-12)5-6-11-3/h11H,4-9H2,1-3H3. The summed E-state index contributed by atoms with van der Waals surface area (Å²) in [5.41, 5.74) is 0.609. The fourth-order valence-corrected chi connectivity index (χ4v) is 2.09. The van der Waals surface area contributed by atoms with E-state index in [2.05, 4.69) is 24.1 Å². The zero-order valence-electron chi connectivity index (χ0n) is 8.69. The average Bonchev–Trinajstić information content (AvgIpc) is 1.99. The summed E-state index contributed by atoms with van der Waals surface area (Å²) >= 11 is 0. The van der Waals surface area contributed by atoms with Gasteiger partial charge in [0.1, 0.15) is 0 Å². The van der Waals surface area contributed by atoms with Crippen LogP contribution in [0.4, 0.5) is 0 Å². The Balaban J connectivity index is 2.12. The fourth-order valence-electron chi connectivity index (χ4n) is 2.09. The van der Waals surface area contributed by atoms with E-state index in [4.69, 9.17) is 0 Å². The van der Waals surface area contributed by atoms with Gasteiger partial charge < -0.3 is 10.2 Å². The molecule has 12 heavy (non-hydrogen) atoms. The minimum Gasteiger partial charge on any atom is -0.320 e. The molecule has 0 bridgehead atoms. The quantitative estimate of drug-likeness (QED) is 0.669. The first-order chi connectivity index (χ1) is 5.70. The second-order valence-electron chi connectivity index (χ2n) is 4.37. The monoisotopic (exact) mass is 170 g/mol. The van der Waals surface area contributed by atoms with Gasteiger partial charge in [0.15, 0.2) is 0 Å². The number of rotatable bonds is 5. The molecule has 72 valence electrons. The first-order valence-corrected chi connectivity index (χ1v) is 5.07. The van der Waals surface area contributed by atoms with Gasteiger partial charge in [-0.15, -0.1) is 0 Å². The Morgan fingerprint density at radius 2 is 2.08 bits per heavy atom. The fraction of sp³-hybridized carbons (Fsp3) is 1.00. The Bertz CT molecular complexity index is 128. The van der Waals surface area contributed by atoms with Crippen LogP contribution in [0, 0.1) is 5.41 Å². The molecule has 0 atom stereocenters. The molecule has 1 heterocycles. The molecule has 0 aromatic carbocycles. The van der Waals surface area contributed by atoms with Crippen LogP contribution in [0.2, 0.25) is 0 Å². The molecule has 1 aliphatic heterocycles. The maximum absolute atomic E-state index is 3.22. The van der Waals surface area contributed by atoms with Crippen molar-refractivity contribution in [3.8, 4) is 0 Å². The van der Waals surface area contributed by atoms with Crippen LogP contribution in [0.25, 0.3) is 0 Å². The lowest BCUT2D eigenvalue weighted by molar-refractivity contribution is 0.0100. The molecular formula is C10H22N2. The Hall–Kier alpha value is -0.0800. The van der Waals surface area contributed by atoms with E-state index < -0.39 is 0 Å². The molecule has 0 unspecified atom stereocenters. The molecule has 0 aliphatic carbocycles. The minimum atomic E-state index is 0.609. The van der Waals surface area contributed by atoms with Crippen molar-refractivity contribution in [1.29, 1.82) is 0 Å². The van der Waals surface area contributed by atoms with E-state index >= 15 is 0 Å². The van der Waals surface area contributed by atoms with Crippen LogP contribution < -0.4 is 5.32 Å². The predicted molar refractivity (Wildman–Crippen MR) is 53.4 cm³/mol. The lowest BCUT2D eigenvalue weighted by atomic mass is 9.79. The highest BCUT2D eigenvalue weighted by Crippen LogP contribution is 2.32. The SMILES string of the molecule is CCCN1CC(C)(CCNC)C1. The lowest BCUT2D eigenvalue weighted by Crippen LogP contribution is -2.55. The van der Waals surface area contributed by atoms with Gasteiger partial charge >= 0.3 is 0 Å². The number of nitrogens with zero attached hydrogens (tertiary/aromatic N) is 1. The molecule has 1 rings (SSSR count). The van der Waals surface area contributed by atoms with E-state index in [-0.39, 0.29) is 0 Å². The highest BCUT2D eigenvalue weighted by atomic mass is 15.2. The highest BCUT2D eigenvalue weighted by molar-refractivity contribution is 4.91. The summed E-state index contributed by atoms with van der Waals surface area (Å²) in [6.07, 6.45) is 2.62. The molecule has 0 aromatic heterocycles. The molecule has 1 fully saturated rings. The Labute approximate surface area is 76.3 Å².